The first kappa shape index (κ1) is 14.7. The third-order valence-corrected chi connectivity index (χ3v) is 2.53. The van der Waals surface area contributed by atoms with E-state index in [2.05, 4.69) is 13.8 Å². The van der Waals surface area contributed by atoms with Crippen molar-refractivity contribution in [1.82, 2.24) is 4.30 Å². The van der Waals surface area contributed by atoms with Gasteiger partial charge in [0.15, 0.2) is 11.5 Å². The number of hydrogen-bond donors (Lipinski definition) is 1. The zero-order valence-corrected chi connectivity index (χ0v) is 11.5. The van der Waals surface area contributed by atoms with E-state index in [1.165, 1.54) is 18.2 Å². The molecule has 2 rings (SSSR count). The highest BCUT2D eigenvalue weighted by Crippen LogP contribution is 2.46. The van der Waals surface area contributed by atoms with E-state index in [4.69, 9.17) is 9.47 Å². The van der Waals surface area contributed by atoms with Crippen LogP contribution in [0.3, 0.4) is 0 Å². The summed E-state index contributed by atoms with van der Waals surface area (Å²) in [6.07, 6.45) is -4.92. The fraction of sp³-hybridized carbons (Fsp3) is 0.364. The molecule has 0 aromatic heterocycles. The van der Waals surface area contributed by atoms with Crippen LogP contribution in [0.15, 0.2) is 18.2 Å². The molecule has 0 aliphatic carbocycles. The number of carbonyl (C=O) groups is 1. The van der Waals surface area contributed by atoms with Crippen LogP contribution < -0.4 is 18.5 Å². The highest BCUT2D eigenvalue weighted by Gasteiger charge is 2.45. The van der Waals surface area contributed by atoms with E-state index in [1.54, 1.807) is 6.92 Å². The summed E-state index contributed by atoms with van der Waals surface area (Å²) in [4.78, 5) is 11.0. The Kier molecular flexibility index (Phi) is 4.21. The minimum Gasteiger partial charge on any atom is -0.486 e. The molecule has 0 fully saturated rings. The second-order valence-electron chi connectivity index (χ2n) is 3.92. The molecule has 1 N–H and O–H groups in total. The van der Waals surface area contributed by atoms with Gasteiger partial charge in [-0.05, 0) is 19.1 Å². The van der Waals surface area contributed by atoms with Crippen LogP contribution in [0.5, 0.6) is 17.2 Å². The first-order valence-electron chi connectivity index (χ1n) is 5.60. The van der Waals surface area contributed by atoms with Crippen molar-refractivity contribution in [3.05, 3.63) is 18.2 Å². The molecule has 106 valence electrons. The highest BCUT2D eigenvalue weighted by atomic mass is 27.1. The maximum Gasteiger partial charge on any atom is 0.586 e. The van der Waals surface area contributed by atoms with Gasteiger partial charge < -0.3 is 23.2 Å². The summed E-state index contributed by atoms with van der Waals surface area (Å²) in [7, 11) is 0. The van der Waals surface area contributed by atoms with Crippen LogP contribution in [0, 0.1) is 0 Å². The molecule has 0 bridgehead atoms. The molecule has 9 heteroatoms. The first-order valence-corrected chi connectivity index (χ1v) is 6.18. The fourth-order valence-corrected chi connectivity index (χ4v) is 1.58. The molecule has 1 aliphatic heterocycles. The van der Waals surface area contributed by atoms with Crippen molar-refractivity contribution in [2.24, 2.45) is 0 Å². The lowest BCUT2D eigenvalue weighted by Gasteiger charge is -2.15. The number of fused-ring (bicyclic) bond motifs is 1. The number of alkyl halides is 2. The average molecular weight is 301 g/mol. The summed E-state index contributed by atoms with van der Waals surface area (Å²) >= 11 is 1.99. The minimum absolute atomic E-state index is 0.0243. The molecule has 1 unspecified atom stereocenters. The Bertz CT molecular complexity index is 514. The number of ether oxygens (including phenoxy) is 4. The van der Waals surface area contributed by atoms with Crippen LogP contribution in [0.1, 0.15) is 6.92 Å². The molecule has 0 saturated carbocycles. The van der Waals surface area contributed by atoms with Gasteiger partial charge >= 0.3 is 28.9 Å². The molecule has 6 nitrogen and oxygen atoms in total. The Balaban J connectivity index is 1.99. The number of carbonyl (C=O) groups excluding carboxylic acids is 1. The largest absolute Gasteiger partial charge is 0.586 e. The molecule has 0 spiro atoms. The van der Waals surface area contributed by atoms with Crippen molar-refractivity contribution in [2.45, 2.75) is 19.3 Å². The lowest BCUT2D eigenvalue weighted by atomic mass is 10.3. The topological polar surface area (TPSA) is 66.0 Å². The Hall–Kier alpha value is -1.72. The lowest BCUT2D eigenvalue weighted by Crippen LogP contribution is -2.29. The van der Waals surface area contributed by atoms with Crippen molar-refractivity contribution < 1.29 is 32.5 Å². The quantitative estimate of drug-likeness (QED) is 0.855. The Morgan fingerprint density at radius 3 is 2.95 bits per heavy atom. The summed E-state index contributed by atoms with van der Waals surface area (Å²) in [6, 6.07) is 4.27. The summed E-state index contributed by atoms with van der Waals surface area (Å²) in [5, 5.41) is 0. The Labute approximate surface area is 121 Å². The standard InChI is InChI=1S/C11H11F2NO5.Al/c1-6(17-10(14)15)5-16-7-3-2-4-8-9(7)19-11(12,13)18-8;/h2-4,6H,5H2,1H3,(H2,14,15);/q;+1/p-1. The smallest absolute Gasteiger partial charge is 0.486 e. The SMILES string of the molecule is CC(COc1cccc2c1OC(F)(F)O2)OC(=O)[NH][Al]. The number of para-hydroxylation sites is 1. The number of amides is 1. The predicted molar refractivity (Wildman–Crippen MR) is 63.0 cm³/mol. The molecule has 20 heavy (non-hydrogen) atoms. The second kappa shape index (κ2) is 5.73. The highest BCUT2D eigenvalue weighted by molar-refractivity contribution is 6.12. The fourth-order valence-electron chi connectivity index (χ4n) is 1.52. The summed E-state index contributed by atoms with van der Waals surface area (Å²) in [5.41, 5.74) is 0. The summed E-state index contributed by atoms with van der Waals surface area (Å²) in [6.45, 7) is 1.57. The third kappa shape index (κ3) is 3.43. The number of hydrogen-bond acceptors (Lipinski definition) is 5. The number of rotatable bonds is 4. The number of halogens is 2. The Morgan fingerprint density at radius 1 is 1.50 bits per heavy atom. The number of nitrogens with one attached hydrogen (secondary N) is 1. The van der Waals surface area contributed by atoms with E-state index in [0.717, 1.165) is 0 Å². The van der Waals surface area contributed by atoms with Crippen molar-refractivity contribution >= 4 is 22.6 Å². The molecule has 2 radical (unpaired) electrons. The van der Waals surface area contributed by atoms with E-state index in [1.807, 2.05) is 16.5 Å². The van der Waals surface area contributed by atoms with Crippen LogP contribution in [0.4, 0.5) is 13.6 Å². The summed E-state index contributed by atoms with van der Waals surface area (Å²) in [5.74, 6) is -0.203. The van der Waals surface area contributed by atoms with Crippen LogP contribution >= 0.6 is 0 Å². The zero-order chi connectivity index (χ0) is 14.8. The molecular formula is C11H10AlF2NO5. The van der Waals surface area contributed by atoms with Gasteiger partial charge in [-0.2, -0.15) is 0 Å². The molecule has 1 aromatic carbocycles. The second-order valence-corrected chi connectivity index (χ2v) is 4.21. The average Bonchev–Trinajstić information content (AvgIpc) is 2.70. The molecule has 1 heterocycles. The van der Waals surface area contributed by atoms with E-state index in [0.29, 0.717) is 0 Å². The van der Waals surface area contributed by atoms with Crippen molar-refractivity contribution in [1.29, 1.82) is 0 Å². The lowest BCUT2D eigenvalue weighted by molar-refractivity contribution is -0.287. The van der Waals surface area contributed by atoms with Gasteiger partial charge in [-0.15, -0.1) is 8.78 Å². The minimum atomic E-state index is -3.71. The van der Waals surface area contributed by atoms with E-state index >= 15 is 0 Å². The molecule has 0 saturated heterocycles. The molecular weight excluding hydrogens is 291 g/mol. The molecule has 1 aromatic rings. The van der Waals surface area contributed by atoms with Gasteiger partial charge in [-0.1, -0.05) is 6.07 Å². The molecule has 1 aliphatic rings. The third-order valence-electron chi connectivity index (χ3n) is 2.29. The van der Waals surface area contributed by atoms with Gasteiger partial charge in [-0.3, -0.25) is 0 Å². The maximum absolute atomic E-state index is 13.0. The van der Waals surface area contributed by atoms with Crippen LogP contribution in [-0.2, 0) is 4.74 Å². The van der Waals surface area contributed by atoms with E-state index < -0.39 is 18.5 Å². The molecule has 1 atom stereocenters. The van der Waals surface area contributed by atoms with Gasteiger partial charge in [-0.25, -0.2) is 4.79 Å². The van der Waals surface area contributed by atoms with E-state index in [9.17, 15) is 13.6 Å². The summed E-state index contributed by atoms with van der Waals surface area (Å²) < 4.78 is 46.9. The molecule has 1 amide bonds. The Morgan fingerprint density at radius 2 is 2.25 bits per heavy atom. The van der Waals surface area contributed by atoms with Gasteiger partial charge in [0.1, 0.15) is 12.7 Å². The van der Waals surface area contributed by atoms with Gasteiger partial charge in [0, 0.05) is 0 Å². The van der Waals surface area contributed by atoms with Crippen LogP contribution in [0.2, 0.25) is 0 Å². The van der Waals surface area contributed by atoms with Gasteiger partial charge in [0.2, 0.25) is 5.75 Å². The van der Waals surface area contributed by atoms with Crippen molar-refractivity contribution in [2.75, 3.05) is 6.61 Å². The van der Waals surface area contributed by atoms with Crippen molar-refractivity contribution in [3.63, 3.8) is 0 Å². The predicted octanol–water partition coefficient (Wildman–Crippen LogP) is 1.59. The van der Waals surface area contributed by atoms with Gasteiger partial charge in [0.05, 0.1) is 0 Å². The first-order chi connectivity index (χ1) is 9.41. The number of benzene rings is 1. The van der Waals surface area contributed by atoms with E-state index in [-0.39, 0.29) is 23.9 Å². The van der Waals surface area contributed by atoms with Gasteiger partial charge in [0.25, 0.3) is 0 Å². The maximum atomic E-state index is 13.0. The van der Waals surface area contributed by atoms with Crippen LogP contribution in [-0.4, -0.2) is 41.6 Å². The van der Waals surface area contributed by atoms with Crippen molar-refractivity contribution in [3.8, 4) is 17.2 Å². The van der Waals surface area contributed by atoms with Crippen LogP contribution in [0.25, 0.3) is 0 Å². The normalized spacial score (nSPS) is 16.4. The zero-order valence-electron chi connectivity index (χ0n) is 10.4. The monoisotopic (exact) mass is 301 g/mol.